The summed E-state index contributed by atoms with van der Waals surface area (Å²) in [6.45, 7) is 0.498. The smallest absolute Gasteiger partial charge is 0.407 e. The second kappa shape index (κ2) is 10.1. The normalized spacial score (nSPS) is 21.6. The molecule has 3 aliphatic rings. The van der Waals surface area contributed by atoms with E-state index in [-0.39, 0.29) is 49.5 Å². The first-order valence-electron chi connectivity index (χ1n) is 12.3. The van der Waals surface area contributed by atoms with E-state index in [9.17, 15) is 14.4 Å². The van der Waals surface area contributed by atoms with E-state index in [1.165, 1.54) is 11.1 Å². The Bertz CT molecular complexity index is 1070. The number of hydrogen-bond donors (Lipinski definition) is 3. The van der Waals surface area contributed by atoms with E-state index < -0.39 is 18.2 Å². The Hall–Kier alpha value is -3.39. The summed E-state index contributed by atoms with van der Waals surface area (Å²) < 4.78 is 11.1. The topological polar surface area (TPSA) is 114 Å². The number of rotatable bonds is 9. The minimum Gasteiger partial charge on any atom is -0.479 e. The van der Waals surface area contributed by atoms with Crippen LogP contribution < -0.4 is 10.6 Å². The lowest BCUT2D eigenvalue weighted by Gasteiger charge is -2.20. The van der Waals surface area contributed by atoms with E-state index in [1.54, 1.807) is 0 Å². The lowest BCUT2D eigenvalue weighted by Crippen LogP contribution is -2.42. The Morgan fingerprint density at radius 2 is 1.63 bits per heavy atom. The van der Waals surface area contributed by atoms with Gasteiger partial charge < -0.3 is 25.2 Å². The molecule has 2 aromatic rings. The standard InChI is InChI=1S/C27H30N2O6/c30-25(28-14-17-11-12-24(35-17)26(31)32)13-23(16-9-10-16)29-27(33)34-15-22-20-7-3-1-5-18(20)19-6-2-4-8-21(19)22/h1-8,16-17,22-24H,9-15H2,(H,28,30)(H,29,33)(H,31,32). The number of carbonyl (C=O) groups is 3. The summed E-state index contributed by atoms with van der Waals surface area (Å²) in [4.78, 5) is 36.2. The van der Waals surface area contributed by atoms with Gasteiger partial charge in [0.1, 0.15) is 6.61 Å². The summed E-state index contributed by atoms with van der Waals surface area (Å²) in [7, 11) is 0. The predicted molar refractivity (Wildman–Crippen MR) is 128 cm³/mol. The van der Waals surface area contributed by atoms with E-state index in [4.69, 9.17) is 14.6 Å². The number of nitrogens with one attached hydrogen (secondary N) is 2. The van der Waals surface area contributed by atoms with Gasteiger partial charge in [-0.15, -0.1) is 0 Å². The van der Waals surface area contributed by atoms with Crippen LogP contribution in [0.5, 0.6) is 0 Å². The number of carbonyl (C=O) groups excluding carboxylic acids is 2. The number of alkyl carbamates (subject to hydrolysis) is 1. The fraction of sp³-hybridized carbons (Fsp3) is 0.444. The summed E-state index contributed by atoms with van der Waals surface area (Å²) in [6.07, 6.45) is 1.53. The van der Waals surface area contributed by atoms with Crippen LogP contribution in [0.1, 0.15) is 49.1 Å². The molecule has 2 aromatic carbocycles. The molecule has 0 spiro atoms. The molecule has 3 unspecified atom stereocenters. The highest BCUT2D eigenvalue weighted by atomic mass is 16.5. The first-order chi connectivity index (χ1) is 17.0. The van der Waals surface area contributed by atoms with Crippen LogP contribution in [0.4, 0.5) is 4.79 Å². The Balaban J connectivity index is 1.12. The lowest BCUT2D eigenvalue weighted by atomic mass is 9.98. The van der Waals surface area contributed by atoms with Crippen LogP contribution in [0.25, 0.3) is 11.1 Å². The molecule has 5 rings (SSSR count). The average molecular weight is 479 g/mol. The van der Waals surface area contributed by atoms with Gasteiger partial charge in [0.25, 0.3) is 0 Å². The summed E-state index contributed by atoms with van der Waals surface area (Å²) in [6, 6.07) is 16.1. The van der Waals surface area contributed by atoms with Crippen molar-refractivity contribution in [3.63, 3.8) is 0 Å². The van der Waals surface area contributed by atoms with Gasteiger partial charge in [-0.3, -0.25) is 4.79 Å². The number of ether oxygens (including phenoxy) is 2. The van der Waals surface area contributed by atoms with Crippen molar-refractivity contribution in [1.82, 2.24) is 10.6 Å². The second-order valence-electron chi connectivity index (χ2n) is 9.58. The minimum atomic E-state index is -0.972. The van der Waals surface area contributed by atoms with Gasteiger partial charge in [0.15, 0.2) is 6.10 Å². The van der Waals surface area contributed by atoms with Crippen molar-refractivity contribution in [3.05, 3.63) is 59.7 Å². The highest BCUT2D eigenvalue weighted by Gasteiger charge is 2.36. The summed E-state index contributed by atoms with van der Waals surface area (Å²) in [5, 5.41) is 14.7. The highest BCUT2D eigenvalue weighted by Crippen LogP contribution is 2.44. The predicted octanol–water partition coefficient (Wildman–Crippen LogP) is 3.44. The number of hydrogen-bond acceptors (Lipinski definition) is 5. The van der Waals surface area contributed by atoms with Crippen LogP contribution in [-0.2, 0) is 19.1 Å². The zero-order valence-electron chi connectivity index (χ0n) is 19.4. The Morgan fingerprint density at radius 3 is 2.23 bits per heavy atom. The number of amides is 2. The van der Waals surface area contributed by atoms with Crippen LogP contribution in [-0.4, -0.2) is 54.5 Å². The molecular formula is C27H30N2O6. The molecule has 8 nitrogen and oxygen atoms in total. The Morgan fingerprint density at radius 1 is 0.971 bits per heavy atom. The molecule has 35 heavy (non-hydrogen) atoms. The van der Waals surface area contributed by atoms with Crippen molar-refractivity contribution in [2.75, 3.05) is 13.2 Å². The number of benzene rings is 2. The zero-order valence-corrected chi connectivity index (χ0v) is 19.4. The summed E-state index contributed by atoms with van der Waals surface area (Å²) in [5.41, 5.74) is 4.65. The molecule has 1 aliphatic heterocycles. The van der Waals surface area contributed by atoms with E-state index in [1.807, 2.05) is 24.3 Å². The molecule has 2 fully saturated rings. The molecule has 3 atom stereocenters. The number of carboxylic acids is 1. The molecule has 184 valence electrons. The molecule has 2 aliphatic carbocycles. The monoisotopic (exact) mass is 478 g/mol. The molecule has 8 heteroatoms. The molecule has 3 N–H and O–H groups in total. The van der Waals surface area contributed by atoms with Gasteiger partial charge in [0.2, 0.25) is 5.91 Å². The number of fused-ring (bicyclic) bond motifs is 3. The third-order valence-electron chi connectivity index (χ3n) is 7.15. The molecule has 0 bridgehead atoms. The summed E-state index contributed by atoms with van der Waals surface area (Å²) >= 11 is 0. The first kappa shape index (κ1) is 23.4. The third kappa shape index (κ3) is 5.32. The minimum absolute atomic E-state index is 0.0168. The quantitative estimate of drug-likeness (QED) is 0.509. The number of aliphatic carboxylic acids is 1. The molecule has 1 saturated heterocycles. The van der Waals surface area contributed by atoms with Gasteiger partial charge in [0, 0.05) is 24.9 Å². The fourth-order valence-corrected chi connectivity index (χ4v) is 5.16. The van der Waals surface area contributed by atoms with Gasteiger partial charge >= 0.3 is 12.1 Å². The maximum Gasteiger partial charge on any atom is 0.407 e. The summed E-state index contributed by atoms with van der Waals surface area (Å²) in [5.74, 6) is -0.916. The van der Waals surface area contributed by atoms with E-state index >= 15 is 0 Å². The first-order valence-corrected chi connectivity index (χ1v) is 12.3. The average Bonchev–Trinajstić information content (AvgIpc) is 3.51. The van der Waals surface area contributed by atoms with E-state index in [0.717, 1.165) is 24.0 Å². The SMILES string of the molecule is O=C(CC(NC(=O)OCC1c2ccccc2-c2ccccc21)C1CC1)NCC1CCC(C(=O)O)O1. The van der Waals surface area contributed by atoms with Crippen molar-refractivity contribution >= 4 is 18.0 Å². The zero-order chi connectivity index (χ0) is 24.4. The van der Waals surface area contributed by atoms with Gasteiger partial charge in [-0.1, -0.05) is 48.5 Å². The highest BCUT2D eigenvalue weighted by molar-refractivity contribution is 5.80. The van der Waals surface area contributed by atoms with Crippen LogP contribution in [0, 0.1) is 5.92 Å². The largest absolute Gasteiger partial charge is 0.479 e. The Labute approximate surface area is 204 Å². The van der Waals surface area contributed by atoms with Gasteiger partial charge in [-0.25, -0.2) is 9.59 Å². The van der Waals surface area contributed by atoms with Crippen LogP contribution in [0.2, 0.25) is 0 Å². The van der Waals surface area contributed by atoms with Crippen molar-refractivity contribution in [1.29, 1.82) is 0 Å². The lowest BCUT2D eigenvalue weighted by molar-refractivity contribution is -0.149. The van der Waals surface area contributed by atoms with Crippen molar-refractivity contribution in [3.8, 4) is 11.1 Å². The molecule has 2 amide bonds. The third-order valence-corrected chi connectivity index (χ3v) is 7.15. The maximum absolute atomic E-state index is 12.7. The molecule has 0 radical (unpaired) electrons. The van der Waals surface area contributed by atoms with E-state index in [2.05, 4.69) is 34.9 Å². The van der Waals surface area contributed by atoms with Crippen LogP contribution in [0.15, 0.2) is 48.5 Å². The van der Waals surface area contributed by atoms with Crippen LogP contribution in [0.3, 0.4) is 0 Å². The van der Waals surface area contributed by atoms with Crippen molar-refractivity contribution < 1.29 is 29.0 Å². The van der Waals surface area contributed by atoms with Gasteiger partial charge in [0.05, 0.1) is 6.10 Å². The van der Waals surface area contributed by atoms with Crippen molar-refractivity contribution in [2.45, 2.75) is 56.3 Å². The second-order valence-corrected chi connectivity index (χ2v) is 9.58. The molecule has 1 heterocycles. The van der Waals surface area contributed by atoms with Crippen molar-refractivity contribution in [2.24, 2.45) is 5.92 Å². The molecular weight excluding hydrogens is 448 g/mol. The van der Waals surface area contributed by atoms with Crippen LogP contribution >= 0.6 is 0 Å². The Kier molecular flexibility index (Phi) is 6.72. The van der Waals surface area contributed by atoms with Gasteiger partial charge in [-0.05, 0) is 53.9 Å². The fourth-order valence-electron chi connectivity index (χ4n) is 5.16. The molecule has 0 aromatic heterocycles. The molecule has 1 saturated carbocycles. The van der Waals surface area contributed by atoms with E-state index in [0.29, 0.717) is 12.8 Å². The number of carboxylic acid groups (broad SMARTS) is 1. The van der Waals surface area contributed by atoms with Gasteiger partial charge in [-0.2, -0.15) is 0 Å². The maximum atomic E-state index is 12.7.